The van der Waals surface area contributed by atoms with Crippen molar-refractivity contribution in [1.82, 2.24) is 14.5 Å². The van der Waals surface area contributed by atoms with E-state index < -0.39 is 14.9 Å². The van der Waals surface area contributed by atoms with Gasteiger partial charge in [0, 0.05) is 24.7 Å². The van der Waals surface area contributed by atoms with Crippen LogP contribution in [0.1, 0.15) is 18.5 Å². The first-order chi connectivity index (χ1) is 12.4. The summed E-state index contributed by atoms with van der Waals surface area (Å²) >= 11 is 0. The third-order valence-corrected chi connectivity index (χ3v) is 5.93. The maximum atomic E-state index is 12.8. The number of hydrogen-bond acceptors (Lipinski definition) is 7. The van der Waals surface area contributed by atoms with Crippen molar-refractivity contribution in [3.63, 3.8) is 0 Å². The van der Waals surface area contributed by atoms with Crippen molar-refractivity contribution in [3.8, 4) is 5.88 Å². The van der Waals surface area contributed by atoms with Crippen LogP contribution >= 0.6 is 0 Å². The molecule has 0 spiro atoms. The summed E-state index contributed by atoms with van der Waals surface area (Å²) in [6.45, 7) is 2.30. The molecule has 1 saturated heterocycles. The third-order valence-electron chi connectivity index (χ3n) is 4.07. The number of hydrogen-bond donors (Lipinski definition) is 0. The van der Waals surface area contributed by atoms with E-state index in [0.717, 1.165) is 11.8 Å². The molecular weight excluding hydrogens is 360 g/mol. The van der Waals surface area contributed by atoms with Gasteiger partial charge < -0.3 is 4.74 Å². The van der Waals surface area contributed by atoms with E-state index in [-0.39, 0.29) is 23.2 Å². The second-order valence-corrected chi connectivity index (χ2v) is 7.95. The smallest absolute Gasteiger partial charge is 0.270 e. The van der Waals surface area contributed by atoms with Gasteiger partial charge >= 0.3 is 0 Å². The first-order valence-corrected chi connectivity index (χ1v) is 9.52. The lowest BCUT2D eigenvalue weighted by Crippen LogP contribution is -2.44. The van der Waals surface area contributed by atoms with Gasteiger partial charge in [-0.15, -0.1) is 5.10 Å². The van der Waals surface area contributed by atoms with Crippen LogP contribution < -0.4 is 4.74 Å². The molecule has 26 heavy (non-hydrogen) atoms. The van der Waals surface area contributed by atoms with Gasteiger partial charge in [-0.2, -0.15) is 9.40 Å². The zero-order chi connectivity index (χ0) is 18.7. The molecule has 2 aromatic rings. The number of nitro groups is 1. The van der Waals surface area contributed by atoms with E-state index in [9.17, 15) is 18.5 Å². The Labute approximate surface area is 150 Å². The molecule has 0 amide bonds. The van der Waals surface area contributed by atoms with Crippen LogP contribution in [0.4, 0.5) is 5.69 Å². The average Bonchev–Trinajstić information content (AvgIpc) is 2.64. The minimum Gasteiger partial charge on any atom is -0.472 e. The zero-order valence-corrected chi connectivity index (χ0v) is 14.9. The predicted molar refractivity (Wildman–Crippen MR) is 92.3 cm³/mol. The van der Waals surface area contributed by atoms with Crippen LogP contribution in [-0.2, 0) is 10.0 Å². The fraction of sp³-hybridized carbons (Fsp3) is 0.375. The van der Waals surface area contributed by atoms with Gasteiger partial charge in [-0.05, 0) is 31.9 Å². The van der Waals surface area contributed by atoms with Crippen LogP contribution in [0.5, 0.6) is 5.88 Å². The van der Waals surface area contributed by atoms with Gasteiger partial charge in [0.1, 0.15) is 6.10 Å². The number of piperidine rings is 1. The van der Waals surface area contributed by atoms with Gasteiger partial charge in [-0.3, -0.25) is 10.1 Å². The van der Waals surface area contributed by atoms with Crippen molar-refractivity contribution in [1.29, 1.82) is 0 Å². The van der Waals surface area contributed by atoms with E-state index in [0.29, 0.717) is 25.3 Å². The molecule has 1 unspecified atom stereocenters. The number of nitro benzene ring substituents is 1. The number of aromatic nitrogens is 2. The molecule has 9 nitrogen and oxygen atoms in total. The number of nitrogens with zero attached hydrogens (tertiary/aromatic N) is 4. The van der Waals surface area contributed by atoms with E-state index >= 15 is 0 Å². The SMILES string of the molecule is Cc1ccc(OC2CCCN(S(=O)(=O)c3cccc([N+](=O)[O-])c3)C2)nn1. The lowest BCUT2D eigenvalue weighted by Gasteiger charge is -2.31. The van der Waals surface area contributed by atoms with E-state index in [1.807, 2.05) is 6.92 Å². The highest BCUT2D eigenvalue weighted by Crippen LogP contribution is 2.25. The Morgan fingerprint density at radius 2 is 2.08 bits per heavy atom. The molecule has 1 aliphatic rings. The summed E-state index contributed by atoms with van der Waals surface area (Å²) in [6, 6.07) is 8.52. The molecular formula is C16H18N4O5S. The van der Waals surface area contributed by atoms with Crippen molar-refractivity contribution < 1.29 is 18.1 Å². The van der Waals surface area contributed by atoms with Crippen LogP contribution in [0.15, 0.2) is 41.3 Å². The van der Waals surface area contributed by atoms with E-state index in [4.69, 9.17) is 4.74 Å². The predicted octanol–water partition coefficient (Wildman–Crippen LogP) is 1.93. The van der Waals surface area contributed by atoms with Crippen LogP contribution in [0.25, 0.3) is 0 Å². The van der Waals surface area contributed by atoms with Crippen LogP contribution in [-0.4, -0.2) is 47.0 Å². The Morgan fingerprint density at radius 3 is 2.77 bits per heavy atom. The first-order valence-electron chi connectivity index (χ1n) is 8.08. The minimum absolute atomic E-state index is 0.0949. The molecule has 2 heterocycles. The number of aryl methyl sites for hydroxylation is 1. The molecule has 1 fully saturated rings. The summed E-state index contributed by atoms with van der Waals surface area (Å²) in [7, 11) is -3.84. The fourth-order valence-electron chi connectivity index (χ4n) is 2.75. The molecule has 138 valence electrons. The quantitative estimate of drug-likeness (QED) is 0.576. The maximum absolute atomic E-state index is 12.8. The van der Waals surface area contributed by atoms with Crippen molar-refractivity contribution >= 4 is 15.7 Å². The normalized spacial score (nSPS) is 18.4. The molecule has 1 aromatic heterocycles. The highest BCUT2D eigenvalue weighted by Gasteiger charge is 2.32. The average molecular weight is 378 g/mol. The highest BCUT2D eigenvalue weighted by molar-refractivity contribution is 7.89. The summed E-state index contributed by atoms with van der Waals surface area (Å²) in [4.78, 5) is 10.2. The first kappa shape index (κ1) is 18.2. The van der Waals surface area contributed by atoms with Gasteiger partial charge in [0.15, 0.2) is 0 Å². The van der Waals surface area contributed by atoms with Gasteiger partial charge in [0.2, 0.25) is 15.9 Å². The van der Waals surface area contributed by atoms with Crippen molar-refractivity contribution in [2.45, 2.75) is 30.8 Å². The molecule has 0 saturated carbocycles. The summed E-state index contributed by atoms with van der Waals surface area (Å²) in [5.41, 5.74) is 0.502. The van der Waals surface area contributed by atoms with E-state index in [1.165, 1.54) is 22.5 Å². The van der Waals surface area contributed by atoms with E-state index in [1.54, 1.807) is 12.1 Å². The molecule has 1 aromatic carbocycles. The largest absolute Gasteiger partial charge is 0.472 e. The standard InChI is InChI=1S/C16H18N4O5S/c1-12-7-8-16(18-17-12)25-14-5-3-9-19(11-14)26(23,24)15-6-2-4-13(10-15)20(21)22/h2,4,6-8,10,14H,3,5,9,11H2,1H3. The van der Waals surface area contributed by atoms with E-state index in [2.05, 4.69) is 10.2 Å². The molecule has 0 radical (unpaired) electrons. The number of non-ortho nitro benzene ring substituents is 1. The topological polar surface area (TPSA) is 116 Å². The molecule has 0 aliphatic carbocycles. The molecule has 0 N–H and O–H groups in total. The van der Waals surface area contributed by atoms with Crippen molar-refractivity contribution in [3.05, 3.63) is 52.2 Å². The number of sulfonamides is 1. The summed E-state index contributed by atoms with van der Waals surface area (Å²) in [5.74, 6) is 0.343. The third kappa shape index (κ3) is 3.97. The second kappa shape index (κ2) is 7.34. The summed E-state index contributed by atoms with van der Waals surface area (Å²) in [6.07, 6.45) is 0.962. The number of benzene rings is 1. The lowest BCUT2D eigenvalue weighted by atomic mass is 10.1. The maximum Gasteiger partial charge on any atom is 0.270 e. The number of ether oxygens (including phenoxy) is 1. The highest BCUT2D eigenvalue weighted by atomic mass is 32.2. The Hall–Kier alpha value is -2.59. The monoisotopic (exact) mass is 378 g/mol. The second-order valence-electron chi connectivity index (χ2n) is 6.01. The molecule has 1 aliphatic heterocycles. The number of rotatable bonds is 5. The summed E-state index contributed by atoms with van der Waals surface area (Å²) in [5, 5.41) is 18.7. The Balaban J connectivity index is 1.76. The van der Waals surface area contributed by atoms with Crippen LogP contribution in [0, 0.1) is 17.0 Å². The zero-order valence-electron chi connectivity index (χ0n) is 14.1. The summed E-state index contributed by atoms with van der Waals surface area (Å²) < 4.78 is 32.7. The van der Waals surface area contributed by atoms with Gasteiger partial charge in [-0.25, -0.2) is 8.42 Å². The Kier molecular flexibility index (Phi) is 5.14. The van der Waals surface area contributed by atoms with Gasteiger partial charge in [0.25, 0.3) is 5.69 Å². The van der Waals surface area contributed by atoms with Crippen LogP contribution in [0.2, 0.25) is 0 Å². The van der Waals surface area contributed by atoms with Crippen molar-refractivity contribution in [2.75, 3.05) is 13.1 Å². The van der Waals surface area contributed by atoms with Crippen molar-refractivity contribution in [2.24, 2.45) is 0 Å². The molecule has 10 heteroatoms. The van der Waals surface area contributed by atoms with Gasteiger partial charge in [-0.1, -0.05) is 6.07 Å². The Bertz CT molecular complexity index is 901. The fourth-order valence-corrected chi connectivity index (χ4v) is 4.30. The molecule has 3 rings (SSSR count). The van der Waals surface area contributed by atoms with Gasteiger partial charge in [0.05, 0.1) is 22.1 Å². The Morgan fingerprint density at radius 1 is 1.27 bits per heavy atom. The minimum atomic E-state index is -3.84. The molecule has 1 atom stereocenters. The van der Waals surface area contributed by atoms with Crippen LogP contribution in [0.3, 0.4) is 0 Å². The lowest BCUT2D eigenvalue weighted by molar-refractivity contribution is -0.385. The molecule has 0 bridgehead atoms.